The molecule has 0 aromatic heterocycles. The van der Waals surface area contributed by atoms with Crippen LogP contribution in [0, 0.1) is 11.2 Å². The number of nitrogens with zero attached hydrogens (tertiary/aromatic N) is 1. The lowest BCUT2D eigenvalue weighted by Gasteiger charge is -2.33. The number of nitrogens with two attached hydrogens (primary N) is 1. The molecule has 0 fully saturated rings. The van der Waals surface area contributed by atoms with Crippen LogP contribution < -0.4 is 5.73 Å². The molecule has 1 amide bonds. The predicted octanol–water partition coefficient (Wildman–Crippen LogP) is 2.97. The summed E-state index contributed by atoms with van der Waals surface area (Å²) in [7, 11) is 1.77. The van der Waals surface area contributed by atoms with Crippen molar-refractivity contribution in [2.24, 2.45) is 11.1 Å². The molecule has 20 heavy (non-hydrogen) atoms. The maximum Gasteiger partial charge on any atom is 0.230 e. The molecule has 0 bridgehead atoms. The van der Waals surface area contributed by atoms with Crippen LogP contribution in [-0.4, -0.2) is 24.4 Å². The Balaban J connectivity index is 0.00000361. The summed E-state index contributed by atoms with van der Waals surface area (Å²) in [6, 6.07) is 6.20. The van der Waals surface area contributed by atoms with Crippen molar-refractivity contribution in [3.63, 3.8) is 0 Å². The van der Waals surface area contributed by atoms with E-state index >= 15 is 0 Å². The number of carbonyl (C=O) groups is 1. The normalized spacial score (nSPS) is 10.8. The van der Waals surface area contributed by atoms with Crippen LogP contribution in [0.4, 0.5) is 4.39 Å². The van der Waals surface area contributed by atoms with Gasteiger partial charge in [-0.2, -0.15) is 0 Å². The molecular formula is C15H24ClFN2O. The first-order chi connectivity index (χ1) is 8.99. The Bertz CT molecular complexity index is 410. The van der Waals surface area contributed by atoms with Crippen LogP contribution in [0.3, 0.4) is 0 Å². The molecule has 0 spiro atoms. The minimum absolute atomic E-state index is 0. The van der Waals surface area contributed by atoms with E-state index in [0.29, 0.717) is 13.1 Å². The van der Waals surface area contributed by atoms with Crippen molar-refractivity contribution in [1.29, 1.82) is 0 Å². The molecule has 0 radical (unpaired) electrons. The van der Waals surface area contributed by atoms with Crippen molar-refractivity contribution in [3.05, 3.63) is 35.6 Å². The number of benzene rings is 1. The smallest absolute Gasteiger partial charge is 0.230 e. The van der Waals surface area contributed by atoms with Crippen LogP contribution >= 0.6 is 12.4 Å². The number of halogens is 2. The number of rotatable bonds is 6. The van der Waals surface area contributed by atoms with Gasteiger partial charge in [-0.15, -0.1) is 12.4 Å². The molecule has 0 aliphatic heterocycles. The summed E-state index contributed by atoms with van der Waals surface area (Å²) in [6.07, 6.45) is 1.46. The summed E-state index contributed by atoms with van der Waals surface area (Å²) in [6.45, 7) is 4.80. The molecule has 1 aromatic rings. The Morgan fingerprint density at radius 1 is 1.25 bits per heavy atom. The van der Waals surface area contributed by atoms with Crippen LogP contribution in [-0.2, 0) is 11.3 Å². The summed E-state index contributed by atoms with van der Waals surface area (Å²) < 4.78 is 12.8. The van der Waals surface area contributed by atoms with E-state index in [9.17, 15) is 9.18 Å². The average molecular weight is 303 g/mol. The average Bonchev–Trinajstić information content (AvgIpc) is 2.43. The van der Waals surface area contributed by atoms with Gasteiger partial charge in [-0.1, -0.05) is 26.0 Å². The van der Waals surface area contributed by atoms with Gasteiger partial charge in [0, 0.05) is 20.1 Å². The molecule has 0 saturated heterocycles. The van der Waals surface area contributed by atoms with Crippen LogP contribution in [0.15, 0.2) is 24.3 Å². The van der Waals surface area contributed by atoms with Crippen molar-refractivity contribution < 1.29 is 9.18 Å². The van der Waals surface area contributed by atoms with E-state index in [0.717, 1.165) is 18.4 Å². The molecule has 3 nitrogen and oxygen atoms in total. The van der Waals surface area contributed by atoms with E-state index in [-0.39, 0.29) is 24.1 Å². The third kappa shape index (κ3) is 4.18. The second-order valence-corrected chi connectivity index (χ2v) is 4.98. The predicted molar refractivity (Wildman–Crippen MR) is 82.2 cm³/mol. The summed E-state index contributed by atoms with van der Waals surface area (Å²) in [5.41, 5.74) is 6.22. The van der Waals surface area contributed by atoms with Crippen molar-refractivity contribution in [3.8, 4) is 0 Å². The standard InChI is InChI=1S/C15H23FN2O.ClH/c1-4-15(5-2,11-17)14(19)18(3)10-12-6-8-13(16)9-7-12;/h6-9H,4-5,10-11,17H2,1-3H3;1H. The van der Waals surface area contributed by atoms with Crippen LogP contribution in [0.25, 0.3) is 0 Å². The molecule has 0 unspecified atom stereocenters. The fourth-order valence-electron chi connectivity index (χ4n) is 2.27. The summed E-state index contributed by atoms with van der Waals surface area (Å²) in [5.74, 6) is -0.208. The van der Waals surface area contributed by atoms with Crippen LogP contribution in [0.1, 0.15) is 32.3 Å². The first-order valence-corrected chi connectivity index (χ1v) is 6.69. The van der Waals surface area contributed by atoms with Crippen LogP contribution in [0.5, 0.6) is 0 Å². The molecule has 1 rings (SSSR count). The van der Waals surface area contributed by atoms with Crippen molar-refractivity contribution in [2.45, 2.75) is 33.2 Å². The third-order valence-electron chi connectivity index (χ3n) is 3.88. The Hall–Kier alpha value is -1.13. The van der Waals surface area contributed by atoms with Crippen LogP contribution in [0.2, 0.25) is 0 Å². The molecule has 0 aliphatic rings. The van der Waals surface area contributed by atoms with E-state index in [2.05, 4.69) is 0 Å². The van der Waals surface area contributed by atoms with E-state index in [4.69, 9.17) is 5.73 Å². The highest BCUT2D eigenvalue weighted by Crippen LogP contribution is 2.27. The van der Waals surface area contributed by atoms with Gasteiger partial charge >= 0.3 is 0 Å². The highest BCUT2D eigenvalue weighted by Gasteiger charge is 2.35. The van der Waals surface area contributed by atoms with Crippen molar-refractivity contribution in [1.82, 2.24) is 4.90 Å². The van der Waals surface area contributed by atoms with Gasteiger partial charge in [0.1, 0.15) is 5.82 Å². The third-order valence-corrected chi connectivity index (χ3v) is 3.88. The van der Waals surface area contributed by atoms with Gasteiger partial charge in [-0.3, -0.25) is 4.79 Å². The fourth-order valence-corrected chi connectivity index (χ4v) is 2.27. The highest BCUT2D eigenvalue weighted by atomic mass is 35.5. The van der Waals surface area contributed by atoms with Gasteiger partial charge in [-0.05, 0) is 30.5 Å². The Morgan fingerprint density at radius 2 is 1.75 bits per heavy atom. The van der Waals surface area contributed by atoms with E-state index in [1.165, 1.54) is 12.1 Å². The summed E-state index contributed by atoms with van der Waals surface area (Å²) in [4.78, 5) is 14.2. The first-order valence-electron chi connectivity index (χ1n) is 6.69. The Morgan fingerprint density at radius 3 is 2.15 bits per heavy atom. The molecule has 0 saturated carbocycles. The Kier molecular flexibility index (Phi) is 7.76. The molecular weight excluding hydrogens is 279 g/mol. The lowest BCUT2D eigenvalue weighted by Crippen LogP contribution is -2.45. The molecule has 114 valence electrons. The number of amides is 1. The van der Waals surface area contributed by atoms with Gasteiger partial charge in [0.05, 0.1) is 5.41 Å². The second kappa shape index (κ2) is 8.22. The van der Waals surface area contributed by atoms with Gasteiger partial charge in [0.15, 0.2) is 0 Å². The molecule has 2 N–H and O–H groups in total. The minimum atomic E-state index is -0.477. The maximum absolute atomic E-state index is 12.8. The summed E-state index contributed by atoms with van der Waals surface area (Å²) >= 11 is 0. The van der Waals surface area contributed by atoms with Gasteiger partial charge in [0.2, 0.25) is 5.91 Å². The number of hydrogen-bond acceptors (Lipinski definition) is 2. The van der Waals surface area contributed by atoms with Crippen molar-refractivity contribution in [2.75, 3.05) is 13.6 Å². The molecule has 0 heterocycles. The largest absolute Gasteiger partial charge is 0.341 e. The zero-order chi connectivity index (χ0) is 14.5. The van der Waals surface area contributed by atoms with E-state index in [1.807, 2.05) is 13.8 Å². The SMILES string of the molecule is CCC(CC)(CN)C(=O)N(C)Cc1ccc(F)cc1.Cl. The minimum Gasteiger partial charge on any atom is -0.341 e. The summed E-state index contributed by atoms with van der Waals surface area (Å²) in [5, 5.41) is 0. The van der Waals surface area contributed by atoms with Crippen molar-refractivity contribution >= 4 is 18.3 Å². The lowest BCUT2D eigenvalue weighted by atomic mass is 9.81. The van der Waals surface area contributed by atoms with E-state index in [1.54, 1.807) is 24.1 Å². The molecule has 5 heteroatoms. The Labute approximate surface area is 126 Å². The van der Waals surface area contributed by atoms with Gasteiger partial charge in [-0.25, -0.2) is 4.39 Å². The second-order valence-electron chi connectivity index (χ2n) is 4.98. The first kappa shape index (κ1) is 18.9. The lowest BCUT2D eigenvalue weighted by molar-refractivity contribution is -0.141. The molecule has 0 aliphatic carbocycles. The zero-order valence-electron chi connectivity index (χ0n) is 12.4. The maximum atomic E-state index is 12.8. The fraction of sp³-hybridized carbons (Fsp3) is 0.533. The number of carbonyl (C=O) groups excluding carboxylic acids is 1. The molecule has 0 atom stereocenters. The molecule has 1 aromatic carbocycles. The monoisotopic (exact) mass is 302 g/mol. The number of hydrogen-bond donors (Lipinski definition) is 1. The topological polar surface area (TPSA) is 46.3 Å². The van der Waals surface area contributed by atoms with E-state index < -0.39 is 5.41 Å². The quantitative estimate of drug-likeness (QED) is 0.878. The van der Waals surface area contributed by atoms with Gasteiger partial charge < -0.3 is 10.6 Å². The zero-order valence-corrected chi connectivity index (χ0v) is 13.2. The van der Waals surface area contributed by atoms with Gasteiger partial charge in [0.25, 0.3) is 0 Å². The highest BCUT2D eigenvalue weighted by molar-refractivity contribution is 5.85.